The lowest BCUT2D eigenvalue weighted by Gasteiger charge is -2.09. The van der Waals surface area contributed by atoms with Crippen molar-refractivity contribution in [2.45, 2.75) is 39.0 Å². The van der Waals surface area contributed by atoms with Crippen molar-refractivity contribution < 1.29 is 4.79 Å². The zero-order chi connectivity index (χ0) is 8.81. The molecule has 0 radical (unpaired) electrons. The SMILES string of the molecule is CC#CCC(=O)C1=CCCCC1. The Kier molecular flexibility index (Phi) is 3.60. The summed E-state index contributed by atoms with van der Waals surface area (Å²) in [7, 11) is 0. The van der Waals surface area contributed by atoms with E-state index in [4.69, 9.17) is 0 Å². The Bertz CT molecular complexity index is 250. The van der Waals surface area contributed by atoms with Crippen LogP contribution in [0.2, 0.25) is 0 Å². The number of ketones is 1. The van der Waals surface area contributed by atoms with Crippen molar-refractivity contribution >= 4 is 5.78 Å². The van der Waals surface area contributed by atoms with Gasteiger partial charge in [-0.25, -0.2) is 0 Å². The van der Waals surface area contributed by atoms with Gasteiger partial charge in [-0.3, -0.25) is 4.79 Å². The van der Waals surface area contributed by atoms with Crippen LogP contribution in [0.15, 0.2) is 11.6 Å². The summed E-state index contributed by atoms with van der Waals surface area (Å²) < 4.78 is 0. The van der Waals surface area contributed by atoms with Crippen LogP contribution >= 0.6 is 0 Å². The van der Waals surface area contributed by atoms with Crippen LogP contribution in [0.5, 0.6) is 0 Å². The van der Waals surface area contributed by atoms with Gasteiger partial charge in [-0.15, -0.1) is 5.92 Å². The smallest absolute Gasteiger partial charge is 0.170 e. The number of carbonyl (C=O) groups excluding carboxylic acids is 1. The van der Waals surface area contributed by atoms with E-state index in [1.807, 2.05) is 0 Å². The molecule has 0 N–H and O–H groups in total. The second-order valence-electron chi connectivity index (χ2n) is 3.00. The maximum absolute atomic E-state index is 11.4. The quantitative estimate of drug-likeness (QED) is 0.570. The fourth-order valence-electron chi connectivity index (χ4n) is 1.37. The van der Waals surface area contributed by atoms with Gasteiger partial charge in [0, 0.05) is 0 Å². The van der Waals surface area contributed by atoms with E-state index < -0.39 is 0 Å². The van der Waals surface area contributed by atoms with Gasteiger partial charge >= 0.3 is 0 Å². The summed E-state index contributed by atoms with van der Waals surface area (Å²) in [6, 6.07) is 0. The molecule has 0 aromatic carbocycles. The minimum atomic E-state index is 0.226. The summed E-state index contributed by atoms with van der Waals surface area (Å²) in [4.78, 5) is 11.4. The zero-order valence-electron chi connectivity index (χ0n) is 7.52. The van der Waals surface area contributed by atoms with Gasteiger partial charge in [-0.05, 0) is 38.2 Å². The molecule has 0 fully saturated rings. The molecule has 1 rings (SSSR count). The lowest BCUT2D eigenvalue weighted by molar-refractivity contribution is -0.114. The zero-order valence-corrected chi connectivity index (χ0v) is 7.52. The first-order chi connectivity index (χ1) is 5.84. The molecule has 0 amide bonds. The molecule has 1 heteroatoms. The fourth-order valence-corrected chi connectivity index (χ4v) is 1.37. The maximum Gasteiger partial charge on any atom is 0.170 e. The molecule has 0 aromatic heterocycles. The highest BCUT2D eigenvalue weighted by atomic mass is 16.1. The van der Waals surface area contributed by atoms with Gasteiger partial charge in [0.25, 0.3) is 0 Å². The third-order valence-electron chi connectivity index (χ3n) is 2.07. The number of carbonyl (C=O) groups is 1. The molecule has 0 aromatic rings. The van der Waals surface area contributed by atoms with Crippen LogP contribution < -0.4 is 0 Å². The summed E-state index contributed by atoms with van der Waals surface area (Å²) in [5, 5.41) is 0. The predicted octanol–water partition coefficient (Wildman–Crippen LogP) is 2.47. The van der Waals surface area contributed by atoms with E-state index in [0.717, 1.165) is 24.8 Å². The molecule has 0 heterocycles. The molecule has 0 saturated carbocycles. The van der Waals surface area contributed by atoms with Crippen molar-refractivity contribution in [3.8, 4) is 11.8 Å². The van der Waals surface area contributed by atoms with Crippen molar-refractivity contribution in [1.82, 2.24) is 0 Å². The highest BCUT2D eigenvalue weighted by Crippen LogP contribution is 2.18. The Labute approximate surface area is 73.9 Å². The van der Waals surface area contributed by atoms with Gasteiger partial charge in [-0.2, -0.15) is 0 Å². The van der Waals surface area contributed by atoms with E-state index in [1.165, 1.54) is 6.42 Å². The molecule has 0 saturated heterocycles. The summed E-state index contributed by atoms with van der Waals surface area (Å²) in [5.74, 6) is 5.77. The minimum Gasteiger partial charge on any atom is -0.293 e. The van der Waals surface area contributed by atoms with Crippen LogP contribution in [0.3, 0.4) is 0 Å². The topological polar surface area (TPSA) is 17.1 Å². The standard InChI is InChI=1S/C11H14O/c1-2-3-9-11(12)10-7-5-4-6-8-10/h7H,4-6,8-9H2,1H3. The second kappa shape index (κ2) is 4.77. The molecule has 1 aliphatic carbocycles. The first-order valence-corrected chi connectivity index (χ1v) is 4.46. The second-order valence-corrected chi connectivity index (χ2v) is 3.00. The predicted molar refractivity (Wildman–Crippen MR) is 49.6 cm³/mol. The van der Waals surface area contributed by atoms with E-state index >= 15 is 0 Å². The van der Waals surface area contributed by atoms with E-state index in [-0.39, 0.29) is 5.78 Å². The number of Topliss-reactive ketones (excluding diaryl/α,β-unsaturated/α-hetero) is 1. The molecule has 0 atom stereocenters. The fraction of sp³-hybridized carbons (Fsp3) is 0.545. The molecular weight excluding hydrogens is 148 g/mol. The van der Waals surface area contributed by atoms with Crippen LogP contribution in [0, 0.1) is 11.8 Å². The summed E-state index contributed by atoms with van der Waals surface area (Å²) in [6.45, 7) is 1.77. The van der Waals surface area contributed by atoms with E-state index in [1.54, 1.807) is 6.92 Å². The third kappa shape index (κ3) is 2.54. The van der Waals surface area contributed by atoms with Gasteiger partial charge in [0.1, 0.15) is 0 Å². The Morgan fingerprint density at radius 1 is 1.58 bits per heavy atom. The van der Waals surface area contributed by atoms with Gasteiger partial charge in [0.05, 0.1) is 6.42 Å². The summed E-state index contributed by atoms with van der Waals surface area (Å²) in [5.41, 5.74) is 1.00. The summed E-state index contributed by atoms with van der Waals surface area (Å²) >= 11 is 0. The Morgan fingerprint density at radius 2 is 2.42 bits per heavy atom. The average molecular weight is 162 g/mol. The normalized spacial score (nSPS) is 15.9. The molecule has 0 bridgehead atoms. The third-order valence-corrected chi connectivity index (χ3v) is 2.07. The molecule has 0 unspecified atom stereocenters. The first-order valence-electron chi connectivity index (χ1n) is 4.46. The van der Waals surface area contributed by atoms with Gasteiger partial charge < -0.3 is 0 Å². The number of rotatable bonds is 2. The Morgan fingerprint density at radius 3 is 3.00 bits per heavy atom. The molecule has 64 valence electrons. The van der Waals surface area contributed by atoms with Gasteiger partial charge in [0.2, 0.25) is 0 Å². The highest BCUT2D eigenvalue weighted by molar-refractivity contribution is 5.96. The van der Waals surface area contributed by atoms with Crippen LogP contribution in [0.25, 0.3) is 0 Å². The molecule has 1 aliphatic rings. The first kappa shape index (κ1) is 9.06. The minimum absolute atomic E-state index is 0.226. The molecule has 0 spiro atoms. The lowest BCUT2D eigenvalue weighted by atomic mass is 9.95. The van der Waals surface area contributed by atoms with E-state index in [0.29, 0.717) is 6.42 Å². The largest absolute Gasteiger partial charge is 0.293 e. The summed E-state index contributed by atoms with van der Waals surface area (Å²) in [6.07, 6.45) is 6.91. The van der Waals surface area contributed by atoms with Crippen LogP contribution in [0.4, 0.5) is 0 Å². The number of hydrogen-bond acceptors (Lipinski definition) is 1. The molecule has 12 heavy (non-hydrogen) atoms. The van der Waals surface area contributed by atoms with Crippen molar-refractivity contribution in [2.24, 2.45) is 0 Å². The van der Waals surface area contributed by atoms with Crippen molar-refractivity contribution in [2.75, 3.05) is 0 Å². The lowest BCUT2D eigenvalue weighted by Crippen LogP contribution is -2.04. The van der Waals surface area contributed by atoms with Crippen LogP contribution in [-0.2, 0) is 4.79 Å². The maximum atomic E-state index is 11.4. The van der Waals surface area contributed by atoms with Crippen LogP contribution in [0.1, 0.15) is 39.0 Å². The number of allylic oxidation sites excluding steroid dienone is 2. The van der Waals surface area contributed by atoms with Crippen molar-refractivity contribution in [3.05, 3.63) is 11.6 Å². The molecule has 0 aliphatic heterocycles. The van der Waals surface area contributed by atoms with Gasteiger partial charge in [0.15, 0.2) is 5.78 Å². The number of hydrogen-bond donors (Lipinski definition) is 0. The van der Waals surface area contributed by atoms with Crippen molar-refractivity contribution in [3.63, 3.8) is 0 Å². The van der Waals surface area contributed by atoms with E-state index in [9.17, 15) is 4.79 Å². The van der Waals surface area contributed by atoms with Crippen molar-refractivity contribution in [1.29, 1.82) is 0 Å². The molecule has 1 nitrogen and oxygen atoms in total. The van der Waals surface area contributed by atoms with E-state index in [2.05, 4.69) is 17.9 Å². The Hall–Kier alpha value is -1.03. The highest BCUT2D eigenvalue weighted by Gasteiger charge is 2.10. The van der Waals surface area contributed by atoms with Crippen LogP contribution in [-0.4, -0.2) is 5.78 Å². The Balaban J connectivity index is 2.49. The monoisotopic (exact) mass is 162 g/mol. The average Bonchev–Trinajstić information content (AvgIpc) is 2.15. The molecular formula is C11H14O. The van der Waals surface area contributed by atoms with Gasteiger partial charge in [-0.1, -0.05) is 12.0 Å².